The molecule has 0 radical (unpaired) electrons. The van der Waals surface area contributed by atoms with Crippen molar-refractivity contribution >= 4 is 11.6 Å². The third kappa shape index (κ3) is 3.07. The first-order valence-corrected chi connectivity index (χ1v) is 6.97. The molecular formula is C15H23N3O. The molecule has 4 heteroatoms. The number of hydrogen-bond donors (Lipinski definition) is 1. The summed E-state index contributed by atoms with van der Waals surface area (Å²) in [6, 6.07) is 8.26. The van der Waals surface area contributed by atoms with Crippen LogP contribution < -0.4 is 10.6 Å². The lowest BCUT2D eigenvalue weighted by Gasteiger charge is -2.27. The summed E-state index contributed by atoms with van der Waals surface area (Å²) in [5, 5.41) is 0. The number of carbonyl (C=O) groups is 1. The van der Waals surface area contributed by atoms with Crippen LogP contribution in [0.25, 0.3) is 0 Å². The number of para-hydroxylation sites is 1. The largest absolute Gasteiger partial charge is 0.362 e. The van der Waals surface area contributed by atoms with Gasteiger partial charge in [0.05, 0.1) is 6.54 Å². The van der Waals surface area contributed by atoms with Crippen molar-refractivity contribution in [1.29, 1.82) is 0 Å². The number of rotatable bonds is 3. The molecule has 4 nitrogen and oxygen atoms in total. The first-order valence-electron chi connectivity index (χ1n) is 6.97. The smallest absolute Gasteiger partial charge is 0.241 e. The Hall–Kier alpha value is -1.55. The Kier molecular flexibility index (Phi) is 4.43. The van der Waals surface area contributed by atoms with Crippen molar-refractivity contribution in [2.45, 2.75) is 25.8 Å². The van der Waals surface area contributed by atoms with Gasteiger partial charge in [0.1, 0.15) is 0 Å². The van der Waals surface area contributed by atoms with Gasteiger partial charge in [0.2, 0.25) is 5.91 Å². The number of nitrogens with zero attached hydrogens (tertiary/aromatic N) is 2. The Bertz CT molecular complexity index is 447. The Morgan fingerprint density at radius 1 is 1.47 bits per heavy atom. The molecular weight excluding hydrogens is 238 g/mol. The van der Waals surface area contributed by atoms with E-state index in [2.05, 4.69) is 17.0 Å². The van der Waals surface area contributed by atoms with Crippen LogP contribution in [-0.4, -0.2) is 37.5 Å². The molecule has 0 bridgehead atoms. The number of nitrogens with two attached hydrogens (primary N) is 1. The van der Waals surface area contributed by atoms with Crippen LogP contribution >= 0.6 is 0 Å². The molecule has 1 aromatic carbocycles. The summed E-state index contributed by atoms with van der Waals surface area (Å²) in [7, 11) is 1.85. The predicted molar refractivity (Wildman–Crippen MR) is 78.1 cm³/mol. The summed E-state index contributed by atoms with van der Waals surface area (Å²) in [4.78, 5) is 16.0. The van der Waals surface area contributed by atoms with Crippen LogP contribution in [0.3, 0.4) is 0 Å². The molecule has 1 atom stereocenters. The predicted octanol–water partition coefficient (Wildman–Crippen LogP) is 1.76. The van der Waals surface area contributed by atoms with Crippen molar-refractivity contribution in [3.05, 3.63) is 29.8 Å². The van der Waals surface area contributed by atoms with E-state index < -0.39 is 0 Å². The molecule has 1 unspecified atom stereocenters. The maximum atomic E-state index is 12.1. The van der Waals surface area contributed by atoms with Gasteiger partial charge in [0, 0.05) is 31.9 Å². The molecule has 1 aliphatic heterocycles. The van der Waals surface area contributed by atoms with Crippen LogP contribution in [-0.2, 0) is 4.79 Å². The monoisotopic (exact) mass is 261 g/mol. The molecule has 1 heterocycles. The lowest BCUT2D eigenvalue weighted by molar-refractivity contribution is -0.128. The van der Waals surface area contributed by atoms with Gasteiger partial charge < -0.3 is 15.5 Å². The minimum Gasteiger partial charge on any atom is -0.362 e. The Morgan fingerprint density at radius 2 is 2.21 bits per heavy atom. The molecule has 1 aliphatic rings. The van der Waals surface area contributed by atoms with E-state index in [1.807, 2.05) is 26.1 Å². The Morgan fingerprint density at radius 3 is 2.95 bits per heavy atom. The average Bonchev–Trinajstić information content (AvgIpc) is 2.59. The normalized spacial score (nSPS) is 18.7. The zero-order valence-electron chi connectivity index (χ0n) is 11.8. The van der Waals surface area contributed by atoms with Crippen LogP contribution in [0.5, 0.6) is 0 Å². The molecule has 2 rings (SSSR count). The van der Waals surface area contributed by atoms with Gasteiger partial charge in [-0.25, -0.2) is 0 Å². The third-order valence-electron chi connectivity index (χ3n) is 3.85. The molecule has 0 saturated carbocycles. The zero-order valence-corrected chi connectivity index (χ0v) is 11.8. The minimum absolute atomic E-state index is 0.0835. The van der Waals surface area contributed by atoms with Crippen molar-refractivity contribution in [3.63, 3.8) is 0 Å². The Labute approximate surface area is 115 Å². The van der Waals surface area contributed by atoms with Gasteiger partial charge in [0.15, 0.2) is 0 Å². The second-order valence-corrected chi connectivity index (χ2v) is 5.14. The van der Waals surface area contributed by atoms with E-state index in [-0.39, 0.29) is 11.9 Å². The third-order valence-corrected chi connectivity index (χ3v) is 3.85. The molecule has 0 saturated heterocycles. The van der Waals surface area contributed by atoms with Gasteiger partial charge in [-0.3, -0.25) is 4.79 Å². The van der Waals surface area contributed by atoms with Crippen LogP contribution in [0.2, 0.25) is 0 Å². The summed E-state index contributed by atoms with van der Waals surface area (Å²) < 4.78 is 0. The average molecular weight is 261 g/mol. The zero-order chi connectivity index (χ0) is 13.8. The van der Waals surface area contributed by atoms with Gasteiger partial charge in [-0.15, -0.1) is 0 Å². The molecule has 0 aromatic heterocycles. The van der Waals surface area contributed by atoms with Gasteiger partial charge in [-0.05, 0) is 31.4 Å². The van der Waals surface area contributed by atoms with Crippen molar-refractivity contribution in [3.8, 4) is 0 Å². The maximum absolute atomic E-state index is 12.1. The molecule has 0 fully saturated rings. The van der Waals surface area contributed by atoms with Crippen LogP contribution in [0.15, 0.2) is 24.3 Å². The van der Waals surface area contributed by atoms with Gasteiger partial charge in [0.25, 0.3) is 0 Å². The SMILES string of the molecule is CCN(C)C(=O)CN1CCCC(N)c2ccccc21. The second kappa shape index (κ2) is 6.06. The van der Waals surface area contributed by atoms with Gasteiger partial charge in [-0.1, -0.05) is 18.2 Å². The standard InChI is InChI=1S/C15H23N3O/c1-3-17(2)15(19)11-18-10-6-8-13(16)12-7-4-5-9-14(12)18/h4-5,7,9,13H,3,6,8,10-11,16H2,1-2H3. The molecule has 0 spiro atoms. The number of fused-ring (bicyclic) bond motifs is 1. The fraction of sp³-hybridized carbons (Fsp3) is 0.533. The van der Waals surface area contributed by atoms with E-state index in [9.17, 15) is 4.79 Å². The fourth-order valence-corrected chi connectivity index (χ4v) is 2.49. The van der Waals surface area contributed by atoms with E-state index in [1.165, 1.54) is 0 Å². The van der Waals surface area contributed by atoms with E-state index in [4.69, 9.17) is 5.73 Å². The summed E-state index contributed by atoms with van der Waals surface area (Å²) in [5.74, 6) is 0.160. The lowest BCUT2D eigenvalue weighted by Crippen LogP contribution is -2.38. The molecule has 2 N–H and O–H groups in total. The van der Waals surface area contributed by atoms with Crippen molar-refractivity contribution in [2.24, 2.45) is 5.73 Å². The highest BCUT2D eigenvalue weighted by Crippen LogP contribution is 2.31. The number of benzene rings is 1. The van der Waals surface area contributed by atoms with E-state index in [0.717, 1.165) is 37.2 Å². The summed E-state index contributed by atoms with van der Waals surface area (Å²) in [5.41, 5.74) is 8.48. The first kappa shape index (κ1) is 13.9. The van der Waals surface area contributed by atoms with Crippen LogP contribution in [0, 0.1) is 0 Å². The van der Waals surface area contributed by atoms with Crippen molar-refractivity contribution in [2.75, 3.05) is 31.6 Å². The van der Waals surface area contributed by atoms with Crippen LogP contribution in [0.1, 0.15) is 31.4 Å². The Balaban J connectivity index is 2.21. The number of hydrogen-bond acceptors (Lipinski definition) is 3. The lowest BCUT2D eigenvalue weighted by atomic mass is 10.0. The van der Waals surface area contributed by atoms with Crippen molar-refractivity contribution in [1.82, 2.24) is 4.90 Å². The molecule has 19 heavy (non-hydrogen) atoms. The van der Waals surface area contributed by atoms with E-state index in [0.29, 0.717) is 6.54 Å². The quantitative estimate of drug-likeness (QED) is 0.902. The fourth-order valence-electron chi connectivity index (χ4n) is 2.49. The van der Waals surface area contributed by atoms with E-state index in [1.54, 1.807) is 4.90 Å². The number of carbonyl (C=O) groups excluding carboxylic acids is 1. The highest BCUT2D eigenvalue weighted by molar-refractivity contribution is 5.81. The van der Waals surface area contributed by atoms with Crippen molar-refractivity contribution < 1.29 is 4.79 Å². The molecule has 1 aromatic rings. The first-order chi connectivity index (χ1) is 9.13. The van der Waals surface area contributed by atoms with Gasteiger partial charge in [-0.2, -0.15) is 0 Å². The number of anilines is 1. The summed E-state index contributed by atoms with van der Waals surface area (Å²) in [6.07, 6.45) is 2.00. The molecule has 1 amide bonds. The van der Waals surface area contributed by atoms with Crippen LogP contribution in [0.4, 0.5) is 5.69 Å². The number of amides is 1. The summed E-state index contributed by atoms with van der Waals surface area (Å²) >= 11 is 0. The topological polar surface area (TPSA) is 49.6 Å². The highest BCUT2D eigenvalue weighted by Gasteiger charge is 2.22. The minimum atomic E-state index is 0.0835. The number of likely N-dealkylation sites (N-methyl/N-ethyl adjacent to an activating group) is 1. The second-order valence-electron chi connectivity index (χ2n) is 5.14. The van der Waals surface area contributed by atoms with Gasteiger partial charge >= 0.3 is 0 Å². The summed E-state index contributed by atoms with van der Waals surface area (Å²) in [6.45, 7) is 4.07. The van der Waals surface area contributed by atoms with E-state index >= 15 is 0 Å². The molecule has 104 valence electrons. The molecule has 0 aliphatic carbocycles. The maximum Gasteiger partial charge on any atom is 0.241 e. The highest BCUT2D eigenvalue weighted by atomic mass is 16.2.